The van der Waals surface area contributed by atoms with Crippen LogP contribution >= 0.6 is 22.9 Å². The Morgan fingerprint density at radius 1 is 1.50 bits per heavy atom. The molecule has 1 unspecified atom stereocenters. The number of rotatable bonds is 5. The van der Waals surface area contributed by atoms with Crippen LogP contribution in [0.25, 0.3) is 0 Å². The first-order chi connectivity index (χ1) is 9.61. The Bertz CT molecular complexity index is 454. The maximum absolute atomic E-state index is 13.0. The van der Waals surface area contributed by atoms with E-state index in [1.807, 2.05) is 24.0 Å². The lowest BCUT2D eigenvalue weighted by atomic mass is 9.77. The van der Waals surface area contributed by atoms with Gasteiger partial charge in [-0.25, -0.2) is 0 Å². The third-order valence-electron chi connectivity index (χ3n) is 4.25. The fourth-order valence-electron chi connectivity index (χ4n) is 2.89. The molecular formula is C15H23ClN2OS. The van der Waals surface area contributed by atoms with E-state index < -0.39 is 0 Å². The van der Waals surface area contributed by atoms with Crippen molar-refractivity contribution in [3.05, 3.63) is 21.3 Å². The molecule has 1 saturated heterocycles. The Morgan fingerprint density at radius 3 is 2.80 bits per heavy atom. The number of halogens is 1. The molecule has 0 saturated carbocycles. The summed E-state index contributed by atoms with van der Waals surface area (Å²) in [6.07, 6.45) is 2.99. The van der Waals surface area contributed by atoms with Crippen LogP contribution in [0.2, 0.25) is 4.34 Å². The molecule has 1 amide bonds. The summed E-state index contributed by atoms with van der Waals surface area (Å²) in [5.74, 6) is 0.291. The average molecular weight is 315 g/mol. The lowest BCUT2D eigenvalue weighted by Gasteiger charge is -2.39. The summed E-state index contributed by atoms with van der Waals surface area (Å²) in [7, 11) is 0. The van der Waals surface area contributed by atoms with Gasteiger partial charge in [-0.3, -0.25) is 4.79 Å². The van der Waals surface area contributed by atoms with E-state index in [1.54, 1.807) is 11.3 Å². The second kappa shape index (κ2) is 6.92. The molecule has 1 aromatic heterocycles. The van der Waals surface area contributed by atoms with Gasteiger partial charge >= 0.3 is 0 Å². The molecule has 1 fully saturated rings. The van der Waals surface area contributed by atoms with Crippen molar-refractivity contribution in [2.24, 2.45) is 5.41 Å². The quantitative estimate of drug-likeness (QED) is 0.901. The number of carbonyl (C=O) groups is 1. The summed E-state index contributed by atoms with van der Waals surface area (Å²) in [5, 5.41) is 3.39. The van der Waals surface area contributed by atoms with Crippen molar-refractivity contribution in [2.75, 3.05) is 19.6 Å². The molecule has 0 aliphatic carbocycles. The zero-order valence-corrected chi connectivity index (χ0v) is 13.8. The molecule has 1 aliphatic heterocycles. The first-order valence-corrected chi connectivity index (χ1v) is 8.55. The summed E-state index contributed by atoms with van der Waals surface area (Å²) >= 11 is 7.53. The Morgan fingerprint density at radius 2 is 2.30 bits per heavy atom. The van der Waals surface area contributed by atoms with Crippen molar-refractivity contribution in [3.8, 4) is 0 Å². The number of nitrogens with one attached hydrogen (secondary N) is 1. The van der Waals surface area contributed by atoms with E-state index in [-0.39, 0.29) is 5.41 Å². The van der Waals surface area contributed by atoms with Crippen molar-refractivity contribution >= 4 is 28.8 Å². The minimum absolute atomic E-state index is 0.213. The molecule has 2 rings (SSSR count). The van der Waals surface area contributed by atoms with E-state index in [1.165, 1.54) is 0 Å². The van der Waals surface area contributed by atoms with Gasteiger partial charge in [-0.05, 0) is 44.9 Å². The van der Waals surface area contributed by atoms with Crippen molar-refractivity contribution in [3.63, 3.8) is 0 Å². The normalized spacial score (nSPS) is 22.8. The Hall–Kier alpha value is -0.580. The van der Waals surface area contributed by atoms with Crippen LogP contribution in [0.15, 0.2) is 12.1 Å². The zero-order valence-electron chi connectivity index (χ0n) is 12.2. The van der Waals surface area contributed by atoms with Gasteiger partial charge in [0.25, 0.3) is 0 Å². The highest BCUT2D eigenvalue weighted by Crippen LogP contribution is 2.33. The highest BCUT2D eigenvalue weighted by molar-refractivity contribution is 7.16. The fourth-order valence-corrected chi connectivity index (χ4v) is 3.99. The molecular weight excluding hydrogens is 292 g/mol. The van der Waals surface area contributed by atoms with Gasteiger partial charge in [0.1, 0.15) is 0 Å². The SMILES string of the molecule is CCN(Cc1ccc(Cl)s1)C(=O)C1(CC)CCCNC1. The van der Waals surface area contributed by atoms with Gasteiger partial charge in [-0.2, -0.15) is 0 Å². The molecule has 2 heterocycles. The third-order valence-corrected chi connectivity index (χ3v) is 5.46. The highest BCUT2D eigenvalue weighted by atomic mass is 35.5. The van der Waals surface area contributed by atoms with Crippen molar-refractivity contribution in [1.82, 2.24) is 10.2 Å². The van der Waals surface area contributed by atoms with Crippen LogP contribution in [0.4, 0.5) is 0 Å². The largest absolute Gasteiger partial charge is 0.337 e. The van der Waals surface area contributed by atoms with E-state index in [4.69, 9.17) is 11.6 Å². The average Bonchev–Trinajstić information content (AvgIpc) is 2.90. The molecule has 0 bridgehead atoms. The van der Waals surface area contributed by atoms with Crippen molar-refractivity contribution in [2.45, 2.75) is 39.7 Å². The summed E-state index contributed by atoms with van der Waals surface area (Å²) in [5.41, 5.74) is -0.213. The molecule has 1 aromatic rings. The number of amides is 1. The molecule has 0 spiro atoms. The van der Waals surface area contributed by atoms with Crippen LogP contribution in [-0.2, 0) is 11.3 Å². The van der Waals surface area contributed by atoms with Crippen LogP contribution in [0.5, 0.6) is 0 Å². The highest BCUT2D eigenvalue weighted by Gasteiger charge is 2.40. The lowest BCUT2D eigenvalue weighted by molar-refractivity contribution is -0.144. The predicted molar refractivity (Wildman–Crippen MR) is 85.2 cm³/mol. The molecule has 20 heavy (non-hydrogen) atoms. The van der Waals surface area contributed by atoms with E-state index >= 15 is 0 Å². The summed E-state index contributed by atoms with van der Waals surface area (Å²) < 4.78 is 0.785. The maximum Gasteiger partial charge on any atom is 0.230 e. The summed E-state index contributed by atoms with van der Waals surface area (Å²) in [6, 6.07) is 3.91. The minimum Gasteiger partial charge on any atom is -0.337 e. The van der Waals surface area contributed by atoms with Gasteiger partial charge in [0.2, 0.25) is 5.91 Å². The summed E-state index contributed by atoms with van der Waals surface area (Å²) in [6.45, 7) is 7.43. The van der Waals surface area contributed by atoms with E-state index in [9.17, 15) is 4.79 Å². The second-order valence-electron chi connectivity index (χ2n) is 5.44. The molecule has 1 N–H and O–H groups in total. The van der Waals surface area contributed by atoms with E-state index in [2.05, 4.69) is 12.2 Å². The maximum atomic E-state index is 13.0. The number of hydrogen-bond donors (Lipinski definition) is 1. The molecule has 1 aliphatic rings. The van der Waals surface area contributed by atoms with Crippen LogP contribution < -0.4 is 5.32 Å². The monoisotopic (exact) mass is 314 g/mol. The predicted octanol–water partition coefficient (Wildman–Crippen LogP) is 3.53. The van der Waals surface area contributed by atoms with Gasteiger partial charge in [-0.1, -0.05) is 18.5 Å². The number of carbonyl (C=O) groups excluding carboxylic acids is 1. The number of nitrogens with zero attached hydrogens (tertiary/aromatic N) is 1. The molecule has 5 heteroatoms. The van der Waals surface area contributed by atoms with Gasteiger partial charge in [0.15, 0.2) is 0 Å². The van der Waals surface area contributed by atoms with Crippen LogP contribution in [-0.4, -0.2) is 30.4 Å². The topological polar surface area (TPSA) is 32.3 Å². The van der Waals surface area contributed by atoms with Gasteiger partial charge < -0.3 is 10.2 Å². The van der Waals surface area contributed by atoms with Gasteiger partial charge in [0, 0.05) is 18.0 Å². The lowest BCUT2D eigenvalue weighted by Crippen LogP contribution is -2.51. The smallest absolute Gasteiger partial charge is 0.230 e. The molecule has 0 aromatic carbocycles. The van der Waals surface area contributed by atoms with Crippen LogP contribution in [0.1, 0.15) is 38.0 Å². The molecule has 1 atom stereocenters. The molecule has 112 valence electrons. The first-order valence-electron chi connectivity index (χ1n) is 7.35. The summed E-state index contributed by atoms with van der Waals surface area (Å²) in [4.78, 5) is 16.1. The number of thiophene rings is 1. The van der Waals surface area contributed by atoms with Crippen LogP contribution in [0, 0.1) is 5.41 Å². The van der Waals surface area contributed by atoms with E-state index in [0.29, 0.717) is 12.5 Å². The van der Waals surface area contributed by atoms with Crippen LogP contribution in [0.3, 0.4) is 0 Å². The van der Waals surface area contributed by atoms with Crippen molar-refractivity contribution < 1.29 is 4.79 Å². The Balaban J connectivity index is 2.11. The first kappa shape index (κ1) is 15.8. The third kappa shape index (κ3) is 3.35. The van der Waals surface area contributed by atoms with Gasteiger partial charge in [-0.15, -0.1) is 11.3 Å². The zero-order chi connectivity index (χ0) is 14.6. The Kier molecular flexibility index (Phi) is 5.47. The Labute approximate surface area is 130 Å². The van der Waals surface area contributed by atoms with Gasteiger partial charge in [0.05, 0.1) is 16.3 Å². The minimum atomic E-state index is -0.213. The molecule has 0 radical (unpaired) electrons. The number of hydrogen-bond acceptors (Lipinski definition) is 3. The number of piperidine rings is 1. The molecule has 3 nitrogen and oxygen atoms in total. The second-order valence-corrected chi connectivity index (χ2v) is 7.24. The van der Waals surface area contributed by atoms with E-state index in [0.717, 1.165) is 48.1 Å². The standard InChI is InChI=1S/C15H23ClN2OS/c1-3-15(8-5-9-17-11-15)14(19)18(4-2)10-12-6-7-13(16)20-12/h6-7,17H,3-5,8-11H2,1-2H3. The fraction of sp³-hybridized carbons (Fsp3) is 0.667. The van der Waals surface area contributed by atoms with Crippen molar-refractivity contribution in [1.29, 1.82) is 0 Å².